The Bertz CT molecular complexity index is 714. The van der Waals surface area contributed by atoms with Crippen molar-refractivity contribution in [1.82, 2.24) is 9.78 Å². The minimum absolute atomic E-state index is 0.114. The maximum Gasteiger partial charge on any atom is 0.306 e. The van der Waals surface area contributed by atoms with E-state index in [9.17, 15) is 19.3 Å². The second-order valence-corrected chi connectivity index (χ2v) is 5.05. The number of nitrogens with zero attached hydrogens (tertiary/aromatic N) is 3. The van der Waals surface area contributed by atoms with E-state index in [-0.39, 0.29) is 23.8 Å². The smallest absolute Gasteiger partial charge is 0.306 e. The molecule has 1 aromatic heterocycles. The van der Waals surface area contributed by atoms with Gasteiger partial charge in [-0.1, -0.05) is 13.0 Å². The lowest BCUT2D eigenvalue weighted by molar-refractivity contribution is -0.385. The van der Waals surface area contributed by atoms with Crippen molar-refractivity contribution in [3.05, 3.63) is 52.1 Å². The average Bonchev–Trinajstić information content (AvgIpc) is 2.91. The summed E-state index contributed by atoms with van der Waals surface area (Å²) in [6, 6.07) is 4.43. The monoisotopic (exact) mass is 306 g/mol. The molecule has 0 spiro atoms. The number of amides is 1. The van der Waals surface area contributed by atoms with Crippen LogP contribution >= 0.6 is 0 Å². The second kappa shape index (κ2) is 6.33. The van der Waals surface area contributed by atoms with Gasteiger partial charge in [0.25, 0.3) is 0 Å². The molecular weight excluding hydrogens is 291 g/mol. The molecule has 0 bridgehead atoms. The molecule has 1 amide bonds. The van der Waals surface area contributed by atoms with E-state index in [1.54, 1.807) is 26.0 Å². The van der Waals surface area contributed by atoms with E-state index in [0.717, 1.165) is 11.8 Å². The molecule has 7 nitrogen and oxygen atoms in total. The molecule has 0 fully saturated rings. The summed E-state index contributed by atoms with van der Waals surface area (Å²) in [6.07, 6.45) is 2.36. The van der Waals surface area contributed by atoms with E-state index in [4.69, 9.17) is 0 Å². The Kier molecular flexibility index (Phi) is 4.50. The fraction of sp³-hybridized carbons (Fsp3) is 0.286. The highest BCUT2D eigenvalue weighted by Gasteiger charge is 2.17. The molecule has 8 heteroatoms. The summed E-state index contributed by atoms with van der Waals surface area (Å²) in [5.74, 6) is -1.43. The molecule has 0 aliphatic rings. The lowest BCUT2D eigenvalue weighted by Gasteiger charge is -2.13. The largest absolute Gasteiger partial charge is 0.323 e. The third-order valence-electron chi connectivity index (χ3n) is 3.12. The topological polar surface area (TPSA) is 90.1 Å². The Hall–Kier alpha value is -2.77. The Balaban J connectivity index is 2.02. The fourth-order valence-corrected chi connectivity index (χ4v) is 1.90. The SMILES string of the molecule is Cc1ccc(F)c(NC(=O)[C@H](C)Cn2cc([N+](=O)[O-])cn2)c1. The Labute approximate surface area is 125 Å². The number of benzene rings is 1. The Morgan fingerprint density at radius 2 is 2.27 bits per heavy atom. The van der Waals surface area contributed by atoms with Crippen LogP contribution < -0.4 is 5.32 Å². The van der Waals surface area contributed by atoms with E-state index in [1.807, 2.05) is 0 Å². The predicted molar refractivity (Wildman–Crippen MR) is 77.8 cm³/mol. The lowest BCUT2D eigenvalue weighted by Crippen LogP contribution is -2.25. The van der Waals surface area contributed by atoms with Crippen LogP contribution in [0.4, 0.5) is 15.8 Å². The highest BCUT2D eigenvalue weighted by molar-refractivity contribution is 5.92. The van der Waals surface area contributed by atoms with Crippen molar-refractivity contribution in [1.29, 1.82) is 0 Å². The van der Waals surface area contributed by atoms with Crippen molar-refractivity contribution in [3.8, 4) is 0 Å². The number of aromatic nitrogens is 2. The third kappa shape index (κ3) is 3.66. The first kappa shape index (κ1) is 15.6. The zero-order chi connectivity index (χ0) is 16.3. The van der Waals surface area contributed by atoms with Crippen molar-refractivity contribution < 1.29 is 14.1 Å². The summed E-state index contributed by atoms with van der Waals surface area (Å²) in [7, 11) is 0. The molecule has 0 saturated carbocycles. The Morgan fingerprint density at radius 1 is 1.55 bits per heavy atom. The summed E-state index contributed by atoms with van der Waals surface area (Å²) in [4.78, 5) is 22.1. The number of rotatable bonds is 5. The van der Waals surface area contributed by atoms with Gasteiger partial charge in [-0.25, -0.2) is 4.39 Å². The molecular formula is C14H15FN4O3. The molecule has 0 saturated heterocycles. The highest BCUT2D eigenvalue weighted by atomic mass is 19.1. The van der Waals surface area contributed by atoms with Crippen LogP contribution in [0.3, 0.4) is 0 Å². The highest BCUT2D eigenvalue weighted by Crippen LogP contribution is 2.17. The van der Waals surface area contributed by atoms with Gasteiger partial charge in [-0.2, -0.15) is 5.10 Å². The van der Waals surface area contributed by atoms with Crippen molar-refractivity contribution in [2.45, 2.75) is 20.4 Å². The lowest BCUT2D eigenvalue weighted by atomic mass is 10.1. The number of carbonyl (C=O) groups excluding carboxylic acids is 1. The van der Waals surface area contributed by atoms with E-state index in [1.165, 1.54) is 16.9 Å². The number of hydrogen-bond acceptors (Lipinski definition) is 4. The number of nitro groups is 1. The summed E-state index contributed by atoms with van der Waals surface area (Å²) in [5, 5.41) is 16.9. The van der Waals surface area contributed by atoms with Gasteiger partial charge < -0.3 is 5.32 Å². The maximum atomic E-state index is 13.6. The van der Waals surface area contributed by atoms with Crippen molar-refractivity contribution in [2.24, 2.45) is 5.92 Å². The third-order valence-corrected chi connectivity index (χ3v) is 3.12. The first-order valence-electron chi connectivity index (χ1n) is 6.60. The van der Waals surface area contributed by atoms with Crippen LogP contribution in [0.1, 0.15) is 12.5 Å². The van der Waals surface area contributed by atoms with Gasteiger partial charge in [0.05, 0.1) is 23.1 Å². The van der Waals surface area contributed by atoms with E-state index >= 15 is 0 Å². The minimum Gasteiger partial charge on any atom is -0.323 e. The fourth-order valence-electron chi connectivity index (χ4n) is 1.90. The first-order chi connectivity index (χ1) is 10.4. The molecule has 22 heavy (non-hydrogen) atoms. The molecule has 0 aliphatic heterocycles. The quantitative estimate of drug-likeness (QED) is 0.679. The van der Waals surface area contributed by atoms with Gasteiger partial charge in [-0.15, -0.1) is 0 Å². The van der Waals surface area contributed by atoms with E-state index in [0.29, 0.717) is 0 Å². The molecule has 1 aromatic carbocycles. The average molecular weight is 306 g/mol. The van der Waals surface area contributed by atoms with Crippen LogP contribution in [-0.4, -0.2) is 20.6 Å². The minimum atomic E-state index is -0.559. The Morgan fingerprint density at radius 3 is 2.91 bits per heavy atom. The molecule has 2 rings (SSSR count). The number of carbonyl (C=O) groups is 1. The molecule has 0 radical (unpaired) electrons. The zero-order valence-corrected chi connectivity index (χ0v) is 12.1. The van der Waals surface area contributed by atoms with Crippen LogP contribution in [0.25, 0.3) is 0 Å². The summed E-state index contributed by atoms with van der Waals surface area (Å²) in [6.45, 7) is 3.59. The van der Waals surface area contributed by atoms with Gasteiger partial charge in [0.1, 0.15) is 18.2 Å². The van der Waals surface area contributed by atoms with Crippen LogP contribution in [0, 0.1) is 28.8 Å². The van der Waals surface area contributed by atoms with Gasteiger partial charge in [-0.05, 0) is 24.6 Å². The number of hydrogen-bond donors (Lipinski definition) is 1. The summed E-state index contributed by atoms with van der Waals surface area (Å²) >= 11 is 0. The van der Waals surface area contributed by atoms with Crippen molar-refractivity contribution in [2.75, 3.05) is 5.32 Å². The number of halogens is 1. The first-order valence-corrected chi connectivity index (χ1v) is 6.60. The molecule has 116 valence electrons. The molecule has 0 unspecified atom stereocenters. The number of anilines is 1. The molecule has 1 atom stereocenters. The van der Waals surface area contributed by atoms with Gasteiger partial charge in [0, 0.05) is 0 Å². The zero-order valence-electron chi connectivity index (χ0n) is 12.1. The van der Waals surface area contributed by atoms with Gasteiger partial charge in [0.2, 0.25) is 5.91 Å². The standard InChI is InChI=1S/C14H15FN4O3/c1-9-3-4-12(15)13(5-9)17-14(20)10(2)7-18-8-11(6-16-18)19(21)22/h3-6,8,10H,7H2,1-2H3,(H,17,20)/t10-/m1/s1. The van der Waals surface area contributed by atoms with E-state index in [2.05, 4.69) is 10.4 Å². The van der Waals surface area contributed by atoms with Crippen molar-refractivity contribution in [3.63, 3.8) is 0 Å². The molecule has 1 N–H and O–H groups in total. The second-order valence-electron chi connectivity index (χ2n) is 5.05. The van der Waals surface area contributed by atoms with Gasteiger partial charge in [0.15, 0.2) is 0 Å². The van der Waals surface area contributed by atoms with Crippen LogP contribution in [0.15, 0.2) is 30.6 Å². The van der Waals surface area contributed by atoms with Crippen LogP contribution in [-0.2, 0) is 11.3 Å². The summed E-state index contributed by atoms with van der Waals surface area (Å²) in [5.41, 5.74) is 0.799. The van der Waals surface area contributed by atoms with Gasteiger partial charge >= 0.3 is 5.69 Å². The predicted octanol–water partition coefficient (Wildman–Crippen LogP) is 2.51. The van der Waals surface area contributed by atoms with Crippen molar-refractivity contribution >= 4 is 17.3 Å². The normalized spacial score (nSPS) is 12.0. The number of aryl methyl sites for hydroxylation is 1. The van der Waals surface area contributed by atoms with E-state index < -0.39 is 16.7 Å². The van der Waals surface area contributed by atoms with Crippen LogP contribution in [0.2, 0.25) is 0 Å². The maximum absolute atomic E-state index is 13.6. The van der Waals surface area contributed by atoms with Crippen LogP contribution in [0.5, 0.6) is 0 Å². The number of nitrogens with one attached hydrogen (secondary N) is 1. The summed E-state index contributed by atoms with van der Waals surface area (Å²) < 4.78 is 14.9. The molecule has 0 aliphatic carbocycles. The molecule has 2 aromatic rings. The molecule has 1 heterocycles. The van der Waals surface area contributed by atoms with Gasteiger partial charge in [-0.3, -0.25) is 19.6 Å².